The Balaban J connectivity index is 1.70. The molecule has 1 fully saturated rings. The number of carbonyl (C=O) groups is 1. The molecule has 0 atom stereocenters. The molecule has 0 saturated carbocycles. The lowest BCUT2D eigenvalue weighted by Crippen LogP contribution is -2.42. The van der Waals surface area contributed by atoms with Gasteiger partial charge >= 0.3 is 5.97 Å². The van der Waals surface area contributed by atoms with Crippen molar-refractivity contribution in [3.05, 3.63) is 71.0 Å². The molecule has 0 bridgehead atoms. The highest BCUT2D eigenvalue weighted by atomic mass is 19.1. The molecule has 0 aliphatic carbocycles. The average molecular weight is 343 g/mol. The maximum Gasteiger partial charge on any atom is 0.335 e. The summed E-state index contributed by atoms with van der Waals surface area (Å²) in [5, 5.41) is 12.5. The Morgan fingerprint density at radius 1 is 1.16 bits per heavy atom. The number of carboxylic acids is 1. The molecule has 1 aliphatic rings. The molecule has 0 unspecified atom stereocenters. The lowest BCUT2D eigenvalue weighted by Gasteiger charge is -2.38. The van der Waals surface area contributed by atoms with Gasteiger partial charge in [0.2, 0.25) is 0 Å². The molecule has 5 heteroatoms. The molecule has 25 heavy (non-hydrogen) atoms. The molecule has 0 spiro atoms. The molecule has 0 amide bonds. The molecule has 132 valence electrons. The van der Waals surface area contributed by atoms with Crippen molar-refractivity contribution in [3.63, 3.8) is 0 Å². The van der Waals surface area contributed by atoms with E-state index in [4.69, 9.17) is 9.84 Å². The number of halogens is 1. The third kappa shape index (κ3) is 4.24. The molecule has 1 aliphatic heterocycles. The summed E-state index contributed by atoms with van der Waals surface area (Å²) in [5.41, 5.74) is 2.25. The van der Waals surface area contributed by atoms with Crippen molar-refractivity contribution in [1.29, 1.82) is 0 Å². The first kappa shape index (κ1) is 17.6. The highest BCUT2D eigenvalue weighted by molar-refractivity contribution is 5.87. The highest BCUT2D eigenvalue weighted by Gasteiger charge is 2.34. The lowest BCUT2D eigenvalue weighted by atomic mass is 9.74. The van der Waals surface area contributed by atoms with E-state index in [9.17, 15) is 9.18 Å². The Labute approximate surface area is 146 Å². The molecule has 1 heterocycles. The van der Waals surface area contributed by atoms with Crippen LogP contribution in [-0.2, 0) is 16.7 Å². The fourth-order valence-electron chi connectivity index (χ4n) is 3.39. The van der Waals surface area contributed by atoms with Gasteiger partial charge in [0.05, 0.1) is 5.56 Å². The number of aromatic carboxylic acids is 1. The number of nitrogens with one attached hydrogen (secondary N) is 1. The van der Waals surface area contributed by atoms with Gasteiger partial charge in [0.25, 0.3) is 0 Å². The van der Waals surface area contributed by atoms with Crippen LogP contribution in [-0.4, -0.2) is 30.8 Å². The second-order valence-corrected chi connectivity index (χ2v) is 6.51. The quantitative estimate of drug-likeness (QED) is 0.844. The van der Waals surface area contributed by atoms with Gasteiger partial charge in [0.15, 0.2) is 0 Å². The highest BCUT2D eigenvalue weighted by Crippen LogP contribution is 2.34. The van der Waals surface area contributed by atoms with Crippen LogP contribution in [0.3, 0.4) is 0 Å². The first-order valence-electron chi connectivity index (χ1n) is 8.46. The molecular weight excluding hydrogens is 321 g/mol. The molecule has 3 rings (SSSR count). The summed E-state index contributed by atoms with van der Waals surface area (Å²) in [4.78, 5) is 11.1. The number of carboxylic acid groups (broad SMARTS) is 1. The van der Waals surface area contributed by atoms with Gasteiger partial charge in [0.1, 0.15) is 5.82 Å². The van der Waals surface area contributed by atoms with Gasteiger partial charge < -0.3 is 15.2 Å². The monoisotopic (exact) mass is 343 g/mol. The number of ether oxygens (including phenoxy) is 1. The van der Waals surface area contributed by atoms with Crippen LogP contribution in [0.1, 0.15) is 34.3 Å². The van der Waals surface area contributed by atoms with Crippen molar-refractivity contribution in [2.75, 3.05) is 19.8 Å². The Kier molecular flexibility index (Phi) is 5.46. The molecule has 1 saturated heterocycles. The predicted octanol–water partition coefficient (Wildman–Crippen LogP) is 3.36. The fraction of sp³-hybridized carbons (Fsp3) is 0.350. The predicted molar refractivity (Wildman–Crippen MR) is 93.2 cm³/mol. The maximum atomic E-state index is 13.3. The fourth-order valence-corrected chi connectivity index (χ4v) is 3.39. The van der Waals surface area contributed by atoms with Crippen LogP contribution < -0.4 is 5.32 Å². The van der Waals surface area contributed by atoms with E-state index in [1.54, 1.807) is 18.2 Å². The van der Waals surface area contributed by atoms with E-state index in [-0.39, 0.29) is 11.2 Å². The van der Waals surface area contributed by atoms with E-state index in [1.807, 2.05) is 18.2 Å². The maximum absolute atomic E-state index is 13.3. The smallest absolute Gasteiger partial charge is 0.335 e. The second kappa shape index (κ2) is 7.76. The first-order valence-corrected chi connectivity index (χ1v) is 8.46. The van der Waals surface area contributed by atoms with Crippen LogP contribution in [0, 0.1) is 5.82 Å². The van der Waals surface area contributed by atoms with Gasteiger partial charge in [-0.2, -0.15) is 0 Å². The molecular formula is C20H22FNO3. The Morgan fingerprint density at radius 3 is 2.56 bits per heavy atom. The number of hydrogen-bond donors (Lipinski definition) is 2. The van der Waals surface area contributed by atoms with Crippen LogP contribution in [0.15, 0.2) is 48.5 Å². The molecule has 4 nitrogen and oxygen atoms in total. The summed E-state index contributed by atoms with van der Waals surface area (Å²) in [6.07, 6.45) is 1.75. The van der Waals surface area contributed by atoms with Crippen LogP contribution >= 0.6 is 0 Å². The summed E-state index contributed by atoms with van der Waals surface area (Å²) >= 11 is 0. The molecule has 2 aromatic carbocycles. The molecule has 2 N–H and O–H groups in total. The van der Waals surface area contributed by atoms with Crippen molar-refractivity contribution >= 4 is 5.97 Å². The largest absolute Gasteiger partial charge is 0.478 e. The van der Waals surface area contributed by atoms with E-state index in [1.165, 1.54) is 12.1 Å². The molecule has 0 radical (unpaired) electrons. The van der Waals surface area contributed by atoms with Crippen LogP contribution in [0.5, 0.6) is 0 Å². The SMILES string of the molecule is O=C(O)c1cccc(CNCC2(c3ccc(F)cc3)CCOCC2)c1. The van der Waals surface area contributed by atoms with Gasteiger partial charge in [-0.1, -0.05) is 24.3 Å². The summed E-state index contributed by atoms with van der Waals surface area (Å²) in [6.45, 7) is 2.70. The second-order valence-electron chi connectivity index (χ2n) is 6.51. The molecule has 0 aromatic heterocycles. The van der Waals surface area contributed by atoms with E-state index in [0.717, 1.165) is 30.5 Å². The normalized spacial score (nSPS) is 16.5. The summed E-state index contributed by atoms with van der Waals surface area (Å²) in [6, 6.07) is 13.7. The van der Waals surface area contributed by atoms with E-state index in [0.29, 0.717) is 25.3 Å². The Bertz CT molecular complexity index is 724. The van der Waals surface area contributed by atoms with Gasteiger partial charge in [-0.25, -0.2) is 9.18 Å². The zero-order valence-corrected chi connectivity index (χ0v) is 14.0. The lowest BCUT2D eigenvalue weighted by molar-refractivity contribution is 0.0497. The van der Waals surface area contributed by atoms with Crippen LogP contribution in [0.4, 0.5) is 4.39 Å². The average Bonchev–Trinajstić information content (AvgIpc) is 2.63. The minimum atomic E-state index is -0.922. The van der Waals surface area contributed by atoms with Gasteiger partial charge in [-0.05, 0) is 48.2 Å². The van der Waals surface area contributed by atoms with Crippen molar-refractivity contribution in [1.82, 2.24) is 5.32 Å². The van der Waals surface area contributed by atoms with Crippen molar-refractivity contribution in [3.8, 4) is 0 Å². The zero-order valence-electron chi connectivity index (χ0n) is 14.0. The standard InChI is InChI=1S/C20H22FNO3/c21-18-6-4-17(5-7-18)20(8-10-25-11-9-20)14-22-13-15-2-1-3-16(12-15)19(23)24/h1-7,12,22H,8-11,13-14H2,(H,23,24). The van der Waals surface area contributed by atoms with Crippen LogP contribution in [0.25, 0.3) is 0 Å². The molecule has 2 aromatic rings. The Morgan fingerprint density at radius 2 is 1.88 bits per heavy atom. The summed E-state index contributed by atoms with van der Waals surface area (Å²) < 4.78 is 18.8. The van der Waals surface area contributed by atoms with Crippen LogP contribution in [0.2, 0.25) is 0 Å². The number of benzene rings is 2. The minimum Gasteiger partial charge on any atom is -0.478 e. The van der Waals surface area contributed by atoms with E-state index < -0.39 is 5.97 Å². The topological polar surface area (TPSA) is 58.6 Å². The van der Waals surface area contributed by atoms with Crippen molar-refractivity contribution < 1.29 is 19.0 Å². The summed E-state index contributed by atoms with van der Waals surface area (Å²) in [5.74, 6) is -1.15. The minimum absolute atomic E-state index is 0.0869. The Hall–Kier alpha value is -2.24. The zero-order chi connectivity index (χ0) is 17.7. The van der Waals surface area contributed by atoms with Gasteiger partial charge in [-0.15, -0.1) is 0 Å². The van der Waals surface area contributed by atoms with Crippen molar-refractivity contribution in [2.45, 2.75) is 24.8 Å². The van der Waals surface area contributed by atoms with Gasteiger partial charge in [-0.3, -0.25) is 0 Å². The summed E-state index contributed by atoms with van der Waals surface area (Å²) in [7, 11) is 0. The van der Waals surface area contributed by atoms with Crippen molar-refractivity contribution in [2.24, 2.45) is 0 Å². The van der Waals surface area contributed by atoms with E-state index >= 15 is 0 Å². The number of rotatable bonds is 6. The van der Waals surface area contributed by atoms with E-state index in [2.05, 4.69) is 5.32 Å². The number of hydrogen-bond acceptors (Lipinski definition) is 3. The van der Waals surface area contributed by atoms with Gasteiger partial charge in [0, 0.05) is 31.7 Å². The first-order chi connectivity index (χ1) is 12.1. The third-order valence-electron chi connectivity index (χ3n) is 4.87. The third-order valence-corrected chi connectivity index (χ3v) is 4.87.